The molecule has 0 heterocycles. The van der Waals surface area contributed by atoms with E-state index < -0.39 is 29.8 Å². The zero-order valence-corrected chi connectivity index (χ0v) is 15.8. The lowest BCUT2D eigenvalue weighted by atomic mass is 10.0. The molecule has 0 aliphatic heterocycles. The number of hydrogen-bond donors (Lipinski definition) is 1. The van der Waals surface area contributed by atoms with Crippen LogP contribution in [0.2, 0.25) is 0 Å². The zero-order valence-electron chi connectivity index (χ0n) is 15.8. The first-order valence-electron chi connectivity index (χ1n) is 8.72. The Balaban J connectivity index is 2.17. The first-order chi connectivity index (χ1) is 12.8. The molecule has 0 saturated heterocycles. The topological polar surface area (TPSA) is 64.6 Å². The van der Waals surface area contributed by atoms with Crippen molar-refractivity contribution in [3.8, 4) is 0 Å². The van der Waals surface area contributed by atoms with E-state index in [4.69, 9.17) is 9.47 Å². The van der Waals surface area contributed by atoms with Gasteiger partial charge in [0.05, 0.1) is 0 Å². The molecule has 5 heteroatoms. The van der Waals surface area contributed by atoms with Gasteiger partial charge in [-0.15, -0.1) is 6.58 Å². The largest absolute Gasteiger partial charge is 0.451 e. The van der Waals surface area contributed by atoms with Crippen LogP contribution in [0.3, 0.4) is 0 Å². The van der Waals surface area contributed by atoms with Crippen LogP contribution < -0.4 is 5.32 Å². The number of carbonyl (C=O) groups excluding carboxylic acids is 2. The fourth-order valence-electron chi connectivity index (χ4n) is 2.42. The molecule has 0 aliphatic rings. The average Bonchev–Trinajstić information content (AvgIpc) is 2.64. The first kappa shape index (κ1) is 20.2. The molecule has 1 atom stereocenters. The number of hydrogen-bond acceptors (Lipinski definition) is 4. The number of amides is 1. The Morgan fingerprint density at radius 2 is 1.44 bits per heavy atom. The molecule has 0 bridgehead atoms. The monoisotopic (exact) mass is 367 g/mol. The van der Waals surface area contributed by atoms with E-state index in [2.05, 4.69) is 11.9 Å². The quantitative estimate of drug-likeness (QED) is 0.607. The molecule has 0 spiro atoms. The molecule has 0 aliphatic carbocycles. The minimum absolute atomic E-state index is 0.595. The van der Waals surface area contributed by atoms with Crippen LogP contribution in [0.15, 0.2) is 73.3 Å². The summed E-state index contributed by atoms with van der Waals surface area (Å²) in [4.78, 5) is 24.6. The van der Waals surface area contributed by atoms with Gasteiger partial charge in [0.25, 0.3) is 0 Å². The number of benzene rings is 2. The number of esters is 1. The summed E-state index contributed by atoms with van der Waals surface area (Å²) >= 11 is 0. The Morgan fingerprint density at radius 3 is 1.85 bits per heavy atom. The second-order valence-corrected chi connectivity index (χ2v) is 7.00. The van der Waals surface area contributed by atoms with Crippen molar-refractivity contribution in [2.75, 3.05) is 0 Å². The number of ether oxygens (including phenoxy) is 2. The van der Waals surface area contributed by atoms with E-state index in [-0.39, 0.29) is 0 Å². The van der Waals surface area contributed by atoms with Gasteiger partial charge in [0, 0.05) is 0 Å². The molecule has 0 unspecified atom stereocenters. The minimum Gasteiger partial charge on any atom is -0.451 e. The SMILES string of the molecule is C=C[C@H](NC(=O)OC(C)(C)C)C(=O)OC(c1ccccc1)c1ccccc1. The molecule has 5 nitrogen and oxygen atoms in total. The molecule has 2 aromatic rings. The van der Waals surface area contributed by atoms with Gasteiger partial charge >= 0.3 is 12.1 Å². The van der Waals surface area contributed by atoms with Crippen molar-refractivity contribution >= 4 is 12.1 Å². The molecule has 2 rings (SSSR count). The van der Waals surface area contributed by atoms with Crippen LogP contribution in [0, 0.1) is 0 Å². The van der Waals surface area contributed by atoms with Crippen LogP contribution >= 0.6 is 0 Å². The number of rotatable bonds is 6. The Hall–Kier alpha value is -3.08. The first-order valence-corrected chi connectivity index (χ1v) is 8.72. The lowest BCUT2D eigenvalue weighted by molar-refractivity contribution is -0.148. The molecule has 0 fully saturated rings. The van der Waals surface area contributed by atoms with E-state index in [0.29, 0.717) is 0 Å². The molecular weight excluding hydrogens is 342 g/mol. The van der Waals surface area contributed by atoms with Crippen molar-refractivity contribution in [2.24, 2.45) is 0 Å². The maximum Gasteiger partial charge on any atom is 0.408 e. The van der Waals surface area contributed by atoms with E-state index in [0.717, 1.165) is 11.1 Å². The molecule has 142 valence electrons. The van der Waals surface area contributed by atoms with Gasteiger partial charge in [0.2, 0.25) is 0 Å². The Bertz CT molecular complexity index is 726. The molecular formula is C22H25NO4. The van der Waals surface area contributed by atoms with Crippen molar-refractivity contribution in [1.82, 2.24) is 5.32 Å². The second-order valence-electron chi connectivity index (χ2n) is 7.00. The van der Waals surface area contributed by atoms with Gasteiger partial charge in [-0.1, -0.05) is 66.7 Å². The van der Waals surface area contributed by atoms with Gasteiger partial charge in [-0.2, -0.15) is 0 Å². The lowest BCUT2D eigenvalue weighted by Crippen LogP contribution is -2.43. The van der Waals surface area contributed by atoms with Gasteiger partial charge in [-0.25, -0.2) is 9.59 Å². The fourth-order valence-corrected chi connectivity index (χ4v) is 2.42. The Labute approximate surface area is 160 Å². The summed E-state index contributed by atoms with van der Waals surface area (Å²) in [5, 5.41) is 2.48. The van der Waals surface area contributed by atoms with Crippen molar-refractivity contribution in [3.63, 3.8) is 0 Å². The van der Waals surface area contributed by atoms with E-state index in [1.54, 1.807) is 20.8 Å². The highest BCUT2D eigenvalue weighted by molar-refractivity contribution is 5.83. The van der Waals surface area contributed by atoms with E-state index in [1.165, 1.54) is 6.08 Å². The molecule has 1 amide bonds. The number of carbonyl (C=O) groups is 2. The highest BCUT2D eigenvalue weighted by atomic mass is 16.6. The number of nitrogens with one attached hydrogen (secondary N) is 1. The average molecular weight is 367 g/mol. The van der Waals surface area contributed by atoms with Crippen molar-refractivity contribution in [1.29, 1.82) is 0 Å². The minimum atomic E-state index is -1.02. The summed E-state index contributed by atoms with van der Waals surface area (Å²) in [6.45, 7) is 8.85. The third-order valence-corrected chi connectivity index (χ3v) is 3.60. The highest BCUT2D eigenvalue weighted by Crippen LogP contribution is 2.26. The van der Waals surface area contributed by atoms with Crippen LogP contribution in [0.5, 0.6) is 0 Å². The van der Waals surface area contributed by atoms with Gasteiger partial charge in [0.15, 0.2) is 6.10 Å². The predicted octanol–water partition coefficient (Wildman–Crippen LogP) is 4.40. The summed E-state index contributed by atoms with van der Waals surface area (Å²) in [6.07, 6.45) is 0.0161. The Morgan fingerprint density at radius 1 is 0.963 bits per heavy atom. The fraction of sp³-hybridized carbons (Fsp3) is 0.273. The third-order valence-electron chi connectivity index (χ3n) is 3.60. The summed E-state index contributed by atoms with van der Waals surface area (Å²) in [6, 6.07) is 17.8. The summed E-state index contributed by atoms with van der Waals surface area (Å²) < 4.78 is 10.9. The highest BCUT2D eigenvalue weighted by Gasteiger charge is 2.26. The standard InChI is InChI=1S/C22H25NO4/c1-5-18(23-21(25)27-22(2,3)4)20(24)26-19(16-12-8-6-9-13-16)17-14-10-7-11-15-17/h5-15,18-19H,1H2,2-4H3,(H,23,25)/t18-/m0/s1. The van der Waals surface area contributed by atoms with Crippen LogP contribution in [0.1, 0.15) is 38.0 Å². The van der Waals surface area contributed by atoms with Crippen LogP contribution in [-0.2, 0) is 14.3 Å². The van der Waals surface area contributed by atoms with Gasteiger partial charge in [-0.3, -0.25) is 0 Å². The summed E-state index contributed by atoms with van der Waals surface area (Å²) in [5.74, 6) is -0.617. The molecule has 0 saturated carbocycles. The van der Waals surface area contributed by atoms with E-state index >= 15 is 0 Å². The second kappa shape index (κ2) is 9.03. The third kappa shape index (κ3) is 6.29. The normalized spacial score (nSPS) is 12.1. The Kier molecular flexibility index (Phi) is 6.77. The maximum absolute atomic E-state index is 12.7. The van der Waals surface area contributed by atoms with Crippen LogP contribution in [0.4, 0.5) is 4.79 Å². The molecule has 0 radical (unpaired) electrons. The maximum atomic E-state index is 12.7. The van der Waals surface area contributed by atoms with Gasteiger partial charge < -0.3 is 14.8 Å². The van der Waals surface area contributed by atoms with Gasteiger partial charge in [0.1, 0.15) is 11.6 Å². The smallest absolute Gasteiger partial charge is 0.408 e. The predicted molar refractivity (Wildman–Crippen MR) is 104 cm³/mol. The zero-order chi connectivity index (χ0) is 19.9. The van der Waals surface area contributed by atoms with E-state index in [9.17, 15) is 9.59 Å². The number of alkyl carbamates (subject to hydrolysis) is 1. The lowest BCUT2D eigenvalue weighted by Gasteiger charge is -2.24. The van der Waals surface area contributed by atoms with Crippen molar-refractivity contribution in [2.45, 2.75) is 38.5 Å². The van der Waals surface area contributed by atoms with Gasteiger partial charge in [-0.05, 0) is 31.9 Å². The molecule has 1 N–H and O–H groups in total. The molecule has 0 aromatic heterocycles. The van der Waals surface area contributed by atoms with Crippen LogP contribution in [0.25, 0.3) is 0 Å². The van der Waals surface area contributed by atoms with Crippen LogP contribution in [-0.4, -0.2) is 23.7 Å². The van der Waals surface area contributed by atoms with E-state index in [1.807, 2.05) is 60.7 Å². The molecule has 27 heavy (non-hydrogen) atoms. The van der Waals surface area contributed by atoms with Crippen molar-refractivity contribution in [3.05, 3.63) is 84.4 Å². The van der Waals surface area contributed by atoms with Crippen molar-refractivity contribution < 1.29 is 19.1 Å². The summed E-state index contributed by atoms with van der Waals surface area (Å²) in [7, 11) is 0. The molecule has 2 aromatic carbocycles. The summed E-state index contributed by atoms with van der Waals surface area (Å²) in [5.41, 5.74) is 0.991.